The van der Waals surface area contributed by atoms with Crippen LogP contribution in [0.1, 0.15) is 19.6 Å². The maximum Gasteiger partial charge on any atom is 0.182 e. The van der Waals surface area contributed by atoms with Crippen LogP contribution < -0.4 is 5.43 Å². The lowest BCUT2D eigenvalue weighted by Crippen LogP contribution is -2.00. The Morgan fingerprint density at radius 3 is 2.44 bits per heavy atom. The maximum absolute atomic E-state index is 11.1. The van der Waals surface area contributed by atoms with Crippen molar-refractivity contribution in [3.05, 3.63) is 33.7 Å². The minimum Gasteiger partial charge on any atom is -0.362 e. The van der Waals surface area contributed by atoms with Crippen molar-refractivity contribution < 1.29 is 8.22 Å². The van der Waals surface area contributed by atoms with Crippen LogP contribution in [-0.2, 0) is 0 Å². The zero-order valence-corrected chi connectivity index (χ0v) is 4.56. The van der Waals surface area contributed by atoms with Gasteiger partial charge >= 0.3 is 0 Å². The molecule has 0 aliphatic heterocycles. The van der Waals surface area contributed by atoms with E-state index in [1.165, 1.54) is 0 Å². The molecule has 0 unspecified atom stereocenters. The van der Waals surface area contributed by atoms with E-state index >= 15 is 0 Å². The van der Waals surface area contributed by atoms with Gasteiger partial charge in [-0.05, 0) is 13.7 Å². The minimum absolute atomic E-state index is 0.360. The van der Waals surface area contributed by atoms with Crippen molar-refractivity contribution in [1.29, 1.82) is 0 Å². The second kappa shape index (κ2) is 2.05. The number of hydrogen-bond acceptors (Lipinski definition) is 1. The molecule has 0 saturated heterocycles. The molecular formula is C7H9NO. The third-order valence-corrected chi connectivity index (χ3v) is 0.843. The molecule has 0 bridgehead atoms. The molecule has 0 spiro atoms. The lowest BCUT2D eigenvalue weighted by atomic mass is 10.3. The van der Waals surface area contributed by atoms with Gasteiger partial charge in [-0.2, -0.15) is 0 Å². The van der Waals surface area contributed by atoms with Gasteiger partial charge in [-0.1, -0.05) is 0 Å². The molecule has 0 aliphatic rings. The van der Waals surface area contributed by atoms with Gasteiger partial charge in [0.15, 0.2) is 5.43 Å². The average Bonchev–Trinajstić information content (AvgIpc) is 1.99. The number of hydrogen-bond donors (Lipinski definition) is 1. The summed E-state index contributed by atoms with van der Waals surface area (Å²) in [6.45, 7) is -5.03. The molecule has 9 heavy (non-hydrogen) atoms. The van der Waals surface area contributed by atoms with Gasteiger partial charge in [0.2, 0.25) is 0 Å². The highest BCUT2D eigenvalue weighted by molar-refractivity contribution is 5.08. The molecule has 1 rings (SSSR count). The second-order valence-corrected chi connectivity index (χ2v) is 1.64. The summed E-state index contributed by atoms with van der Waals surface area (Å²) in [5.41, 5.74) is -1.35. The van der Waals surface area contributed by atoms with Crippen LogP contribution in [0, 0.1) is 13.7 Å². The van der Waals surface area contributed by atoms with Crippen molar-refractivity contribution in [1.82, 2.24) is 4.98 Å². The van der Waals surface area contributed by atoms with Crippen molar-refractivity contribution in [3.8, 4) is 0 Å². The molecular weight excluding hydrogens is 114 g/mol. The van der Waals surface area contributed by atoms with Crippen LogP contribution in [0.25, 0.3) is 0 Å². The second-order valence-electron chi connectivity index (χ2n) is 1.64. The zero-order chi connectivity index (χ0) is 11.9. The molecule has 1 aromatic rings. The molecule has 0 aromatic carbocycles. The van der Waals surface area contributed by atoms with Crippen LogP contribution in [0.2, 0.25) is 0 Å². The zero-order valence-electron chi connectivity index (χ0n) is 10.6. The molecule has 0 fully saturated rings. The first-order valence-corrected chi connectivity index (χ1v) is 2.36. The Labute approximate surface area is 62.0 Å². The molecule has 2 heteroatoms. The summed E-state index contributed by atoms with van der Waals surface area (Å²) < 4.78 is 42.3. The highest BCUT2D eigenvalue weighted by Crippen LogP contribution is 1.88. The first-order chi connectivity index (χ1) is 6.60. The number of pyridine rings is 1. The molecule has 0 atom stereocenters. The first kappa shape index (κ1) is 1.97. The summed E-state index contributed by atoms with van der Waals surface area (Å²) in [4.78, 5) is 13.3. The van der Waals surface area contributed by atoms with E-state index in [0.29, 0.717) is 0 Å². The van der Waals surface area contributed by atoms with Gasteiger partial charge in [-0.25, -0.2) is 0 Å². The van der Waals surface area contributed by atoms with Crippen molar-refractivity contribution in [2.24, 2.45) is 0 Å². The van der Waals surface area contributed by atoms with E-state index in [1.807, 2.05) is 0 Å². The Morgan fingerprint density at radius 2 is 2.00 bits per heavy atom. The Hall–Kier alpha value is -1.05. The van der Waals surface area contributed by atoms with Gasteiger partial charge in [0.05, 0.1) is 0 Å². The Bertz CT molecular complexity index is 379. The van der Waals surface area contributed by atoms with E-state index in [2.05, 4.69) is 4.98 Å². The van der Waals surface area contributed by atoms with Gasteiger partial charge < -0.3 is 4.98 Å². The molecule has 1 heterocycles. The van der Waals surface area contributed by atoms with E-state index in [-0.39, 0.29) is 11.4 Å². The van der Waals surface area contributed by atoms with E-state index in [1.54, 1.807) is 0 Å². The predicted molar refractivity (Wildman–Crippen MR) is 36.5 cm³/mol. The monoisotopic (exact) mass is 129 g/mol. The number of aromatic amines is 1. The van der Waals surface area contributed by atoms with Crippen molar-refractivity contribution in [2.75, 3.05) is 0 Å². The number of aryl methyl sites for hydroxylation is 2. The summed E-state index contributed by atoms with van der Waals surface area (Å²) >= 11 is 0. The number of rotatable bonds is 0. The summed E-state index contributed by atoms with van der Waals surface area (Å²) in [7, 11) is 0. The predicted octanol–water partition coefficient (Wildman–Crippen LogP) is 0.992. The Morgan fingerprint density at radius 1 is 1.44 bits per heavy atom. The number of H-pyrrole nitrogens is 1. The Balaban J connectivity index is 3.36. The van der Waals surface area contributed by atoms with Crippen LogP contribution in [0.15, 0.2) is 16.9 Å². The van der Waals surface area contributed by atoms with E-state index < -0.39 is 19.1 Å². The maximum atomic E-state index is 11.1. The van der Waals surface area contributed by atoms with Gasteiger partial charge in [0.1, 0.15) is 0 Å². The van der Waals surface area contributed by atoms with Gasteiger partial charge in [-0.15, -0.1) is 0 Å². The van der Waals surface area contributed by atoms with Crippen LogP contribution in [-0.4, -0.2) is 4.98 Å². The van der Waals surface area contributed by atoms with E-state index in [0.717, 1.165) is 12.1 Å². The van der Waals surface area contributed by atoms with Crippen LogP contribution in [0.5, 0.6) is 0 Å². The standard InChI is InChI=1S/C7H9NO/c1-5-3-7(9)4-6(2)8-5/h3-4H,1-2H3,(H,8,9)/i1D3,2D3. The summed E-state index contributed by atoms with van der Waals surface area (Å²) in [5.74, 6) is 0. The molecule has 0 aliphatic carbocycles. The lowest BCUT2D eigenvalue weighted by Gasteiger charge is -1.92. The molecule has 0 saturated carbocycles. The van der Waals surface area contributed by atoms with Crippen molar-refractivity contribution in [2.45, 2.75) is 13.7 Å². The fourth-order valence-corrected chi connectivity index (χ4v) is 0.543. The lowest BCUT2D eigenvalue weighted by molar-refractivity contribution is 1.11. The molecule has 1 aromatic heterocycles. The highest BCUT2D eigenvalue weighted by atomic mass is 16.1. The van der Waals surface area contributed by atoms with E-state index in [9.17, 15) is 4.79 Å². The van der Waals surface area contributed by atoms with Gasteiger partial charge in [0, 0.05) is 31.7 Å². The molecule has 2 nitrogen and oxygen atoms in total. The van der Waals surface area contributed by atoms with Crippen LogP contribution in [0.3, 0.4) is 0 Å². The fraction of sp³-hybridized carbons (Fsp3) is 0.286. The third kappa shape index (κ3) is 1.42. The minimum atomic E-state index is -2.51. The molecule has 1 N–H and O–H groups in total. The van der Waals surface area contributed by atoms with E-state index in [4.69, 9.17) is 8.22 Å². The van der Waals surface area contributed by atoms with Gasteiger partial charge in [-0.3, -0.25) is 4.79 Å². The number of nitrogens with one attached hydrogen (secondary N) is 1. The van der Waals surface area contributed by atoms with Crippen LogP contribution >= 0.6 is 0 Å². The molecule has 0 radical (unpaired) electrons. The summed E-state index contributed by atoms with van der Waals surface area (Å²) in [6.07, 6.45) is 0. The fourth-order valence-electron chi connectivity index (χ4n) is 0.543. The van der Waals surface area contributed by atoms with Crippen LogP contribution in [0.4, 0.5) is 0 Å². The normalized spacial score (nSPS) is 22.2. The Kier molecular flexibility index (Phi) is 0.450. The van der Waals surface area contributed by atoms with Crippen molar-refractivity contribution >= 4 is 0 Å². The summed E-state index contributed by atoms with van der Waals surface area (Å²) in [5, 5.41) is 0. The largest absolute Gasteiger partial charge is 0.362 e. The quantitative estimate of drug-likeness (QED) is 0.556. The summed E-state index contributed by atoms with van der Waals surface area (Å²) in [6, 6.07) is 1.75. The molecule has 0 amide bonds. The van der Waals surface area contributed by atoms with Crippen molar-refractivity contribution in [3.63, 3.8) is 0 Å². The smallest absolute Gasteiger partial charge is 0.182 e. The molecule has 48 valence electrons. The average molecular weight is 129 g/mol. The number of aromatic nitrogens is 1. The third-order valence-electron chi connectivity index (χ3n) is 0.843. The van der Waals surface area contributed by atoms with Gasteiger partial charge in [0.25, 0.3) is 0 Å². The first-order valence-electron chi connectivity index (χ1n) is 5.36. The SMILES string of the molecule is [2H]C([2H])([2H])c1cc(=O)cc(C([2H])([2H])[2H])[nH]1. The topological polar surface area (TPSA) is 32.9 Å². The highest BCUT2D eigenvalue weighted by Gasteiger charge is 1.87.